The van der Waals surface area contributed by atoms with E-state index in [1.54, 1.807) is 6.07 Å². The van der Waals surface area contributed by atoms with Crippen molar-refractivity contribution < 1.29 is 4.79 Å². The second kappa shape index (κ2) is 3.06. The molecule has 0 atom stereocenters. The first-order valence-corrected chi connectivity index (χ1v) is 3.04. The van der Waals surface area contributed by atoms with Crippen molar-refractivity contribution in [1.82, 2.24) is 9.97 Å². The number of aryl methyl sites for hydroxylation is 1. The molecule has 1 heterocycles. The third-order valence-corrected chi connectivity index (χ3v) is 1.15. The monoisotopic (exact) mass is 136 g/mol. The van der Waals surface area contributed by atoms with Gasteiger partial charge in [-0.15, -0.1) is 0 Å². The maximum absolute atomic E-state index is 10.0. The van der Waals surface area contributed by atoms with Crippen LogP contribution in [0.1, 0.15) is 11.4 Å². The number of nitrogens with zero attached hydrogens (tertiary/aromatic N) is 2. The Morgan fingerprint density at radius 2 is 2.40 bits per heavy atom. The summed E-state index contributed by atoms with van der Waals surface area (Å²) >= 11 is 0. The molecule has 0 aliphatic heterocycles. The summed E-state index contributed by atoms with van der Waals surface area (Å²) in [5.41, 5.74) is 1.68. The minimum Gasteiger partial charge on any atom is -0.303 e. The number of hydrogen-bond acceptors (Lipinski definition) is 3. The number of carbonyl (C=O) groups excluding carboxylic acids is 1. The van der Waals surface area contributed by atoms with Crippen molar-refractivity contribution >= 4 is 6.29 Å². The first-order chi connectivity index (χ1) is 4.83. The van der Waals surface area contributed by atoms with E-state index in [1.165, 1.54) is 6.33 Å². The molecule has 1 rings (SSSR count). The molecule has 0 bridgehead atoms. The molecular weight excluding hydrogens is 128 g/mol. The summed E-state index contributed by atoms with van der Waals surface area (Å²) in [6.45, 7) is 1.87. The molecule has 52 valence electrons. The molecule has 0 fully saturated rings. The van der Waals surface area contributed by atoms with E-state index in [1.807, 2.05) is 6.92 Å². The molecule has 0 N–H and O–H groups in total. The van der Waals surface area contributed by atoms with Gasteiger partial charge in [-0.1, -0.05) is 0 Å². The molecule has 1 aromatic heterocycles. The first-order valence-electron chi connectivity index (χ1n) is 3.04. The van der Waals surface area contributed by atoms with Gasteiger partial charge >= 0.3 is 0 Å². The molecule has 0 saturated heterocycles. The fourth-order valence-electron chi connectivity index (χ4n) is 0.707. The highest BCUT2D eigenvalue weighted by Gasteiger charge is 1.91. The Hall–Kier alpha value is -1.25. The summed E-state index contributed by atoms with van der Waals surface area (Å²) in [6, 6.07) is 1.80. The van der Waals surface area contributed by atoms with E-state index in [0.29, 0.717) is 6.42 Å². The number of hydrogen-bond donors (Lipinski definition) is 0. The van der Waals surface area contributed by atoms with Gasteiger partial charge in [0.1, 0.15) is 12.6 Å². The van der Waals surface area contributed by atoms with Crippen LogP contribution in [0.4, 0.5) is 0 Å². The van der Waals surface area contributed by atoms with Gasteiger partial charge in [0, 0.05) is 12.1 Å². The van der Waals surface area contributed by atoms with Crippen LogP contribution in [0.5, 0.6) is 0 Å². The normalized spacial score (nSPS) is 9.30. The first kappa shape index (κ1) is 6.86. The molecular formula is C7H8N2O. The molecule has 0 radical (unpaired) electrons. The molecule has 0 amide bonds. The lowest BCUT2D eigenvalue weighted by Crippen LogP contribution is -1.92. The SMILES string of the molecule is Cc1cc(CC=O)ncn1. The third-order valence-electron chi connectivity index (χ3n) is 1.15. The van der Waals surface area contributed by atoms with Crippen LogP contribution in [0, 0.1) is 6.92 Å². The lowest BCUT2D eigenvalue weighted by Gasteiger charge is -1.93. The quantitative estimate of drug-likeness (QED) is 0.557. The third kappa shape index (κ3) is 1.62. The van der Waals surface area contributed by atoms with Gasteiger partial charge in [0.25, 0.3) is 0 Å². The van der Waals surface area contributed by atoms with Gasteiger partial charge in [-0.25, -0.2) is 9.97 Å². The smallest absolute Gasteiger partial charge is 0.125 e. The maximum atomic E-state index is 10.0. The van der Waals surface area contributed by atoms with Crippen molar-refractivity contribution in [2.24, 2.45) is 0 Å². The van der Waals surface area contributed by atoms with E-state index in [9.17, 15) is 4.79 Å². The van der Waals surface area contributed by atoms with Gasteiger partial charge in [-0.05, 0) is 13.0 Å². The lowest BCUT2D eigenvalue weighted by atomic mass is 10.3. The molecule has 0 spiro atoms. The van der Waals surface area contributed by atoms with Crippen LogP contribution in [0.25, 0.3) is 0 Å². The molecule has 1 aromatic rings. The summed E-state index contributed by atoms with van der Waals surface area (Å²) in [5.74, 6) is 0. The highest BCUT2D eigenvalue weighted by Crippen LogP contribution is 1.94. The summed E-state index contributed by atoms with van der Waals surface area (Å²) in [4.78, 5) is 17.8. The maximum Gasteiger partial charge on any atom is 0.125 e. The van der Waals surface area contributed by atoms with Crippen LogP contribution < -0.4 is 0 Å². The molecule has 10 heavy (non-hydrogen) atoms. The average molecular weight is 136 g/mol. The van der Waals surface area contributed by atoms with Crippen LogP contribution in [-0.2, 0) is 11.2 Å². The molecule has 0 unspecified atom stereocenters. The van der Waals surface area contributed by atoms with Crippen LogP contribution in [-0.4, -0.2) is 16.3 Å². The minimum atomic E-state index is 0.378. The zero-order valence-electron chi connectivity index (χ0n) is 5.74. The zero-order chi connectivity index (χ0) is 7.40. The van der Waals surface area contributed by atoms with Crippen molar-refractivity contribution in [1.29, 1.82) is 0 Å². The second-order valence-electron chi connectivity index (χ2n) is 2.02. The van der Waals surface area contributed by atoms with Crippen LogP contribution >= 0.6 is 0 Å². The van der Waals surface area contributed by atoms with E-state index in [4.69, 9.17) is 0 Å². The number of carbonyl (C=O) groups is 1. The predicted molar refractivity (Wildman–Crippen MR) is 36.5 cm³/mol. The fraction of sp³-hybridized carbons (Fsp3) is 0.286. The summed E-state index contributed by atoms with van der Waals surface area (Å²) in [7, 11) is 0. The number of rotatable bonds is 2. The average Bonchev–Trinajstić information content (AvgIpc) is 1.88. The second-order valence-corrected chi connectivity index (χ2v) is 2.02. The topological polar surface area (TPSA) is 42.9 Å². The lowest BCUT2D eigenvalue weighted by molar-refractivity contribution is -0.107. The van der Waals surface area contributed by atoms with Gasteiger partial charge in [0.2, 0.25) is 0 Å². The summed E-state index contributed by atoms with van der Waals surface area (Å²) in [6.07, 6.45) is 2.68. The Kier molecular flexibility index (Phi) is 2.10. The van der Waals surface area contributed by atoms with Crippen LogP contribution in [0.2, 0.25) is 0 Å². The number of aromatic nitrogens is 2. The van der Waals surface area contributed by atoms with Crippen molar-refractivity contribution in [2.75, 3.05) is 0 Å². The zero-order valence-corrected chi connectivity index (χ0v) is 5.74. The Balaban J connectivity index is 2.84. The van der Waals surface area contributed by atoms with Crippen LogP contribution in [0.15, 0.2) is 12.4 Å². The van der Waals surface area contributed by atoms with E-state index in [0.717, 1.165) is 17.7 Å². The Bertz CT molecular complexity index is 235. The van der Waals surface area contributed by atoms with Crippen molar-refractivity contribution in [2.45, 2.75) is 13.3 Å². The van der Waals surface area contributed by atoms with Gasteiger partial charge in [-0.2, -0.15) is 0 Å². The highest BCUT2D eigenvalue weighted by atomic mass is 16.1. The predicted octanol–water partition coefficient (Wildman–Crippen LogP) is 0.526. The largest absolute Gasteiger partial charge is 0.303 e. The number of aldehydes is 1. The van der Waals surface area contributed by atoms with Crippen molar-refractivity contribution in [3.63, 3.8) is 0 Å². The van der Waals surface area contributed by atoms with Crippen molar-refractivity contribution in [3.8, 4) is 0 Å². The molecule has 0 aromatic carbocycles. The molecule has 3 nitrogen and oxygen atoms in total. The van der Waals surface area contributed by atoms with E-state index in [-0.39, 0.29) is 0 Å². The van der Waals surface area contributed by atoms with Gasteiger partial charge in [0.15, 0.2) is 0 Å². The fourth-order valence-corrected chi connectivity index (χ4v) is 0.707. The van der Waals surface area contributed by atoms with Crippen molar-refractivity contribution in [3.05, 3.63) is 23.8 Å². The molecule has 0 saturated carbocycles. The van der Waals surface area contributed by atoms with Crippen LogP contribution in [0.3, 0.4) is 0 Å². The highest BCUT2D eigenvalue weighted by molar-refractivity contribution is 5.53. The molecule has 0 aliphatic carbocycles. The Morgan fingerprint density at radius 1 is 1.60 bits per heavy atom. The minimum absolute atomic E-state index is 0.378. The Labute approximate surface area is 59.1 Å². The van der Waals surface area contributed by atoms with E-state index < -0.39 is 0 Å². The molecule has 3 heteroatoms. The standard InChI is InChI=1S/C7H8N2O/c1-6-4-7(2-3-10)9-5-8-6/h3-5H,2H2,1H3. The van der Waals surface area contributed by atoms with E-state index >= 15 is 0 Å². The van der Waals surface area contributed by atoms with E-state index in [2.05, 4.69) is 9.97 Å². The van der Waals surface area contributed by atoms with Gasteiger partial charge in [-0.3, -0.25) is 0 Å². The summed E-state index contributed by atoms with van der Waals surface area (Å²) < 4.78 is 0. The van der Waals surface area contributed by atoms with Gasteiger partial charge in [0.05, 0.1) is 5.69 Å². The summed E-state index contributed by atoms with van der Waals surface area (Å²) in [5, 5.41) is 0. The molecule has 0 aliphatic rings. The Morgan fingerprint density at radius 3 is 3.00 bits per heavy atom. The van der Waals surface area contributed by atoms with Gasteiger partial charge < -0.3 is 4.79 Å².